The molecule has 0 bridgehead atoms. The van der Waals surface area contributed by atoms with Crippen LogP contribution in [0.3, 0.4) is 0 Å². The van der Waals surface area contributed by atoms with Gasteiger partial charge in [-0.3, -0.25) is 4.79 Å². The van der Waals surface area contributed by atoms with E-state index in [1.807, 2.05) is 25.1 Å². The monoisotopic (exact) mass is 376 g/mol. The highest BCUT2D eigenvalue weighted by molar-refractivity contribution is 7.98. The van der Waals surface area contributed by atoms with Crippen molar-refractivity contribution in [1.29, 1.82) is 0 Å². The van der Waals surface area contributed by atoms with Gasteiger partial charge in [0.1, 0.15) is 5.76 Å². The molecule has 1 amide bonds. The lowest BCUT2D eigenvalue weighted by Gasteiger charge is -2.10. The Kier molecular flexibility index (Phi) is 7.72. The standard InChI is InChI=1S/C19H24N2O4S/c1-13(2)8-9-20-18(22)11-24-19(23)16-6-4-5-7-17(16)26-12-15-10-14(3)25-21-15/h4-7,10,13H,8-9,11-12H2,1-3H3,(H,20,22). The second-order valence-electron chi connectivity index (χ2n) is 6.32. The molecule has 1 aromatic heterocycles. The fraction of sp³-hybridized carbons (Fsp3) is 0.421. The number of hydrogen-bond acceptors (Lipinski definition) is 6. The van der Waals surface area contributed by atoms with E-state index in [0.717, 1.165) is 22.8 Å². The number of ether oxygens (including phenoxy) is 1. The van der Waals surface area contributed by atoms with Crippen molar-refractivity contribution in [2.45, 2.75) is 37.8 Å². The summed E-state index contributed by atoms with van der Waals surface area (Å²) >= 11 is 1.47. The smallest absolute Gasteiger partial charge is 0.339 e. The Morgan fingerprint density at radius 2 is 2.08 bits per heavy atom. The number of carbonyl (C=O) groups is 2. The Morgan fingerprint density at radius 3 is 2.77 bits per heavy atom. The first kappa shape index (κ1) is 20.0. The SMILES string of the molecule is Cc1cc(CSc2ccccc2C(=O)OCC(=O)NCCC(C)C)no1. The lowest BCUT2D eigenvalue weighted by molar-refractivity contribution is -0.124. The average molecular weight is 376 g/mol. The van der Waals surface area contributed by atoms with E-state index >= 15 is 0 Å². The van der Waals surface area contributed by atoms with Gasteiger partial charge in [0, 0.05) is 23.3 Å². The zero-order valence-electron chi connectivity index (χ0n) is 15.3. The molecule has 0 spiro atoms. The number of nitrogens with zero attached hydrogens (tertiary/aromatic N) is 1. The molecule has 0 radical (unpaired) electrons. The van der Waals surface area contributed by atoms with Crippen LogP contribution in [0.4, 0.5) is 0 Å². The van der Waals surface area contributed by atoms with Gasteiger partial charge in [-0.2, -0.15) is 0 Å². The molecule has 1 N–H and O–H groups in total. The largest absolute Gasteiger partial charge is 0.452 e. The van der Waals surface area contributed by atoms with Crippen LogP contribution in [0.15, 0.2) is 39.8 Å². The molecule has 0 saturated heterocycles. The van der Waals surface area contributed by atoms with Gasteiger partial charge in [-0.15, -0.1) is 11.8 Å². The van der Waals surface area contributed by atoms with Crippen LogP contribution in [0.5, 0.6) is 0 Å². The van der Waals surface area contributed by atoms with E-state index in [1.165, 1.54) is 11.8 Å². The van der Waals surface area contributed by atoms with Crippen LogP contribution in [-0.2, 0) is 15.3 Å². The average Bonchev–Trinajstić information content (AvgIpc) is 3.03. The number of carbonyl (C=O) groups excluding carboxylic acids is 2. The number of thioether (sulfide) groups is 1. The molecule has 1 heterocycles. The third-order valence-electron chi connectivity index (χ3n) is 3.54. The fourth-order valence-electron chi connectivity index (χ4n) is 2.16. The molecule has 6 nitrogen and oxygen atoms in total. The number of benzene rings is 1. The van der Waals surface area contributed by atoms with Gasteiger partial charge in [-0.25, -0.2) is 4.79 Å². The Balaban J connectivity index is 1.87. The summed E-state index contributed by atoms with van der Waals surface area (Å²) in [5.74, 6) is 1.04. The molecule has 26 heavy (non-hydrogen) atoms. The third kappa shape index (κ3) is 6.55. The molecule has 2 aromatic rings. The summed E-state index contributed by atoms with van der Waals surface area (Å²) in [6, 6.07) is 9.01. The van der Waals surface area contributed by atoms with Crippen LogP contribution in [0.1, 0.15) is 42.1 Å². The summed E-state index contributed by atoms with van der Waals surface area (Å²) in [5, 5.41) is 6.69. The number of hydrogen-bond donors (Lipinski definition) is 1. The van der Waals surface area contributed by atoms with Crippen molar-refractivity contribution < 1.29 is 18.8 Å². The van der Waals surface area contributed by atoms with E-state index in [2.05, 4.69) is 24.3 Å². The molecular formula is C19H24N2O4S. The van der Waals surface area contributed by atoms with Crippen LogP contribution < -0.4 is 5.32 Å². The number of nitrogens with one attached hydrogen (secondary N) is 1. The van der Waals surface area contributed by atoms with Crippen LogP contribution in [0, 0.1) is 12.8 Å². The zero-order valence-corrected chi connectivity index (χ0v) is 16.1. The van der Waals surface area contributed by atoms with Gasteiger partial charge >= 0.3 is 5.97 Å². The topological polar surface area (TPSA) is 81.4 Å². The molecule has 0 saturated carbocycles. The molecular weight excluding hydrogens is 352 g/mol. The maximum atomic E-state index is 12.3. The fourth-order valence-corrected chi connectivity index (χ4v) is 3.08. The van der Waals surface area contributed by atoms with Crippen molar-refractivity contribution in [3.63, 3.8) is 0 Å². The van der Waals surface area contributed by atoms with Gasteiger partial charge in [0.2, 0.25) is 0 Å². The van der Waals surface area contributed by atoms with E-state index in [-0.39, 0.29) is 12.5 Å². The molecule has 0 aliphatic carbocycles. The summed E-state index contributed by atoms with van der Waals surface area (Å²) in [6.45, 7) is 6.30. The van der Waals surface area contributed by atoms with Gasteiger partial charge < -0.3 is 14.6 Å². The number of esters is 1. The molecule has 7 heteroatoms. The summed E-state index contributed by atoms with van der Waals surface area (Å²) in [6.07, 6.45) is 0.890. The Hall–Kier alpha value is -2.28. The predicted octanol–water partition coefficient (Wildman–Crippen LogP) is 3.59. The minimum absolute atomic E-state index is 0.279. The summed E-state index contributed by atoms with van der Waals surface area (Å²) in [5.41, 5.74) is 1.24. The number of aryl methyl sites for hydroxylation is 1. The van der Waals surface area contributed by atoms with Crippen LogP contribution >= 0.6 is 11.8 Å². The minimum Gasteiger partial charge on any atom is -0.452 e. The Bertz CT molecular complexity index is 743. The predicted molar refractivity (Wildman–Crippen MR) is 100.0 cm³/mol. The van der Waals surface area contributed by atoms with E-state index in [4.69, 9.17) is 9.26 Å². The number of amides is 1. The highest BCUT2D eigenvalue weighted by Gasteiger charge is 2.15. The van der Waals surface area contributed by atoms with Crippen molar-refractivity contribution in [1.82, 2.24) is 10.5 Å². The Morgan fingerprint density at radius 1 is 1.31 bits per heavy atom. The highest BCUT2D eigenvalue weighted by atomic mass is 32.2. The first-order chi connectivity index (χ1) is 12.5. The normalized spacial score (nSPS) is 10.8. The molecule has 0 fully saturated rings. The van der Waals surface area contributed by atoms with E-state index in [9.17, 15) is 9.59 Å². The maximum Gasteiger partial charge on any atom is 0.339 e. The van der Waals surface area contributed by atoms with Crippen LogP contribution in [0.25, 0.3) is 0 Å². The maximum absolute atomic E-state index is 12.3. The summed E-state index contributed by atoms with van der Waals surface area (Å²) in [4.78, 5) is 24.8. The minimum atomic E-state index is -0.511. The van der Waals surface area contributed by atoms with E-state index < -0.39 is 5.97 Å². The van der Waals surface area contributed by atoms with Gasteiger partial charge in [0.15, 0.2) is 6.61 Å². The third-order valence-corrected chi connectivity index (χ3v) is 4.64. The quantitative estimate of drug-likeness (QED) is 0.532. The molecule has 1 aromatic carbocycles. The molecule has 2 rings (SSSR count). The molecule has 0 unspecified atom stereocenters. The first-order valence-corrected chi connectivity index (χ1v) is 9.52. The molecule has 0 atom stereocenters. The van der Waals surface area contributed by atoms with E-state index in [0.29, 0.717) is 23.8 Å². The lowest BCUT2D eigenvalue weighted by atomic mass is 10.1. The first-order valence-electron chi connectivity index (χ1n) is 8.53. The van der Waals surface area contributed by atoms with E-state index in [1.54, 1.807) is 12.1 Å². The van der Waals surface area contributed by atoms with Crippen LogP contribution in [0.2, 0.25) is 0 Å². The number of rotatable bonds is 9. The van der Waals surface area contributed by atoms with Gasteiger partial charge in [0.05, 0.1) is 11.3 Å². The van der Waals surface area contributed by atoms with Crippen molar-refractivity contribution in [2.75, 3.05) is 13.2 Å². The highest BCUT2D eigenvalue weighted by Crippen LogP contribution is 2.26. The molecule has 0 aliphatic heterocycles. The Labute approximate surface area is 157 Å². The second-order valence-corrected chi connectivity index (χ2v) is 7.34. The van der Waals surface area contributed by atoms with Crippen LogP contribution in [-0.4, -0.2) is 30.2 Å². The molecule has 140 valence electrons. The number of aromatic nitrogens is 1. The van der Waals surface area contributed by atoms with Gasteiger partial charge in [-0.05, 0) is 31.4 Å². The van der Waals surface area contributed by atoms with Crippen molar-refractivity contribution in [2.24, 2.45) is 5.92 Å². The van der Waals surface area contributed by atoms with Gasteiger partial charge in [-0.1, -0.05) is 31.1 Å². The van der Waals surface area contributed by atoms with Crippen molar-refractivity contribution in [3.05, 3.63) is 47.3 Å². The summed E-state index contributed by atoms with van der Waals surface area (Å²) in [7, 11) is 0. The molecule has 0 aliphatic rings. The van der Waals surface area contributed by atoms with Gasteiger partial charge in [0.25, 0.3) is 5.91 Å². The van der Waals surface area contributed by atoms with Crippen molar-refractivity contribution >= 4 is 23.6 Å². The van der Waals surface area contributed by atoms with Crippen molar-refractivity contribution in [3.8, 4) is 0 Å². The second kappa shape index (κ2) is 10.0. The zero-order chi connectivity index (χ0) is 18.9. The lowest BCUT2D eigenvalue weighted by Crippen LogP contribution is -2.30. The summed E-state index contributed by atoms with van der Waals surface area (Å²) < 4.78 is 10.2.